The Morgan fingerprint density at radius 2 is 1.93 bits per heavy atom. The van der Waals surface area contributed by atoms with Crippen LogP contribution >= 0.6 is 20.7 Å². The van der Waals surface area contributed by atoms with Crippen molar-refractivity contribution in [3.63, 3.8) is 0 Å². The van der Waals surface area contributed by atoms with Gasteiger partial charge in [0.15, 0.2) is 0 Å². The number of thiazole rings is 1. The monoisotopic (exact) mass is 448 g/mol. The Kier molecular flexibility index (Phi) is 9.89. The van der Waals surface area contributed by atoms with E-state index >= 15 is 0 Å². The number of hydrogen-bond donors (Lipinski definition) is 2. The molecule has 1 fully saturated rings. The molecule has 8 heteroatoms. The zero-order valence-corrected chi connectivity index (χ0v) is 20.2. The zero-order chi connectivity index (χ0) is 22.1. The highest BCUT2D eigenvalue weighted by Crippen LogP contribution is 2.27. The molecule has 0 aliphatic carbocycles. The molecule has 2 heterocycles. The average Bonchev–Trinajstić information content (AvgIpc) is 3.35. The van der Waals surface area contributed by atoms with Gasteiger partial charge in [0.05, 0.1) is 22.6 Å². The van der Waals surface area contributed by atoms with Crippen molar-refractivity contribution in [2.75, 3.05) is 13.1 Å². The number of hydrogen-bond acceptors (Lipinski definition) is 5. The van der Waals surface area contributed by atoms with Gasteiger partial charge in [-0.1, -0.05) is 54.4 Å². The summed E-state index contributed by atoms with van der Waals surface area (Å²) in [7, 11) is 2.32. The largest absolute Gasteiger partial charge is 0.350 e. The number of aromatic nitrogens is 1. The van der Waals surface area contributed by atoms with Crippen LogP contribution in [0.15, 0.2) is 29.8 Å². The standard InChI is InChI=1S/C18H23N4O2PS.C4H10/c1-12-17(26-11-20-12)14-6-4-13(5-7-14)9-19-18(24)15-3-2-8-22(15)16(23)10-21-25;1-4(2)3/h4-7,11,15,21H,2-3,8-10,25H2,1H3,(H,19,24);4H,1-3H3. The predicted octanol–water partition coefficient (Wildman–Crippen LogP) is 3.77. The smallest absolute Gasteiger partial charge is 0.243 e. The SMILES string of the molecule is CC(C)C.Cc1ncsc1-c1ccc(CNC(=O)C2CCCN2C(=O)CNP)cc1. The van der Waals surface area contributed by atoms with Crippen molar-refractivity contribution in [1.29, 1.82) is 0 Å². The molecule has 0 bridgehead atoms. The average molecular weight is 449 g/mol. The fourth-order valence-electron chi connectivity index (χ4n) is 3.19. The Balaban J connectivity index is 0.000000735. The lowest BCUT2D eigenvalue weighted by Gasteiger charge is -2.23. The van der Waals surface area contributed by atoms with Crippen LogP contribution in [0.2, 0.25) is 0 Å². The van der Waals surface area contributed by atoms with E-state index in [1.807, 2.05) is 24.6 Å². The maximum absolute atomic E-state index is 12.5. The summed E-state index contributed by atoms with van der Waals surface area (Å²) in [5.74, 6) is 0.712. The summed E-state index contributed by atoms with van der Waals surface area (Å²) in [5.41, 5.74) is 5.05. The van der Waals surface area contributed by atoms with Gasteiger partial charge < -0.3 is 10.2 Å². The second-order valence-electron chi connectivity index (χ2n) is 8.04. The minimum atomic E-state index is -0.361. The van der Waals surface area contributed by atoms with Crippen LogP contribution in [0.25, 0.3) is 10.4 Å². The van der Waals surface area contributed by atoms with Crippen LogP contribution in [0, 0.1) is 12.8 Å². The summed E-state index contributed by atoms with van der Waals surface area (Å²) in [5, 5.41) is 5.74. The van der Waals surface area contributed by atoms with Crippen molar-refractivity contribution in [3.05, 3.63) is 41.0 Å². The lowest BCUT2D eigenvalue weighted by Crippen LogP contribution is -2.47. The Morgan fingerprint density at radius 3 is 2.50 bits per heavy atom. The van der Waals surface area contributed by atoms with E-state index in [0.29, 0.717) is 13.1 Å². The number of nitrogens with zero attached hydrogens (tertiary/aromatic N) is 2. The topological polar surface area (TPSA) is 74.3 Å². The Bertz CT molecular complexity index is 820. The minimum absolute atomic E-state index is 0.0399. The molecule has 3 rings (SSSR count). The maximum Gasteiger partial charge on any atom is 0.243 e. The molecule has 6 nitrogen and oxygen atoms in total. The highest BCUT2D eigenvalue weighted by molar-refractivity contribution is 7.13. The molecular formula is C22H33N4O2PS. The normalized spacial score (nSPS) is 15.7. The third kappa shape index (κ3) is 7.15. The third-order valence-electron chi connectivity index (χ3n) is 4.56. The molecule has 2 N–H and O–H groups in total. The third-order valence-corrected chi connectivity index (χ3v) is 5.74. The van der Waals surface area contributed by atoms with Gasteiger partial charge in [-0.05, 0) is 36.8 Å². The number of aryl methyl sites for hydroxylation is 1. The minimum Gasteiger partial charge on any atom is -0.350 e. The van der Waals surface area contributed by atoms with Gasteiger partial charge in [-0.2, -0.15) is 0 Å². The van der Waals surface area contributed by atoms with Crippen molar-refractivity contribution >= 4 is 32.5 Å². The van der Waals surface area contributed by atoms with Crippen molar-refractivity contribution in [3.8, 4) is 10.4 Å². The number of benzene rings is 1. The van der Waals surface area contributed by atoms with Gasteiger partial charge in [0.25, 0.3) is 0 Å². The molecule has 2 atom stereocenters. The number of likely N-dealkylation sites (tertiary alicyclic amines) is 1. The van der Waals surface area contributed by atoms with Crippen LogP contribution in [0.3, 0.4) is 0 Å². The Hall–Kier alpha value is -1.82. The highest BCUT2D eigenvalue weighted by Gasteiger charge is 2.33. The van der Waals surface area contributed by atoms with Crippen LogP contribution in [0.4, 0.5) is 0 Å². The van der Waals surface area contributed by atoms with Gasteiger partial charge in [0.2, 0.25) is 11.8 Å². The molecular weight excluding hydrogens is 415 g/mol. The van der Waals surface area contributed by atoms with Gasteiger partial charge in [-0.3, -0.25) is 14.7 Å². The Morgan fingerprint density at radius 1 is 1.27 bits per heavy atom. The zero-order valence-electron chi connectivity index (χ0n) is 18.3. The second kappa shape index (κ2) is 12.1. The van der Waals surface area contributed by atoms with E-state index in [1.54, 1.807) is 16.2 Å². The van der Waals surface area contributed by atoms with Gasteiger partial charge in [-0.15, -0.1) is 11.3 Å². The molecule has 30 heavy (non-hydrogen) atoms. The van der Waals surface area contributed by atoms with E-state index in [1.165, 1.54) is 4.88 Å². The van der Waals surface area contributed by atoms with E-state index in [4.69, 9.17) is 0 Å². The molecule has 0 spiro atoms. The van der Waals surface area contributed by atoms with Crippen molar-refractivity contribution in [2.24, 2.45) is 5.92 Å². The van der Waals surface area contributed by atoms with Crippen molar-refractivity contribution in [1.82, 2.24) is 20.3 Å². The van der Waals surface area contributed by atoms with E-state index in [0.717, 1.165) is 35.6 Å². The van der Waals surface area contributed by atoms with Crippen molar-refractivity contribution in [2.45, 2.75) is 53.1 Å². The van der Waals surface area contributed by atoms with Gasteiger partial charge in [-0.25, -0.2) is 4.98 Å². The van der Waals surface area contributed by atoms with E-state index in [2.05, 4.69) is 57.7 Å². The van der Waals surface area contributed by atoms with Crippen LogP contribution in [-0.2, 0) is 16.1 Å². The second-order valence-corrected chi connectivity index (χ2v) is 9.30. The number of rotatable bonds is 6. The lowest BCUT2D eigenvalue weighted by molar-refractivity contribution is -0.137. The first kappa shape index (κ1) is 24.4. The molecule has 1 aliphatic rings. The number of carbonyl (C=O) groups excluding carboxylic acids is 2. The fraction of sp³-hybridized carbons (Fsp3) is 0.500. The predicted molar refractivity (Wildman–Crippen MR) is 127 cm³/mol. The van der Waals surface area contributed by atoms with Gasteiger partial charge >= 0.3 is 0 Å². The Labute approximate surface area is 186 Å². The molecule has 2 unspecified atom stereocenters. The number of carbonyl (C=O) groups is 2. The molecule has 1 aromatic heterocycles. The van der Waals surface area contributed by atoms with Gasteiger partial charge in [0.1, 0.15) is 6.04 Å². The van der Waals surface area contributed by atoms with Crippen LogP contribution in [0.5, 0.6) is 0 Å². The van der Waals surface area contributed by atoms with Crippen molar-refractivity contribution < 1.29 is 9.59 Å². The number of nitrogens with one attached hydrogen (secondary N) is 2. The molecule has 1 saturated heterocycles. The first-order valence-electron chi connectivity index (χ1n) is 10.3. The molecule has 1 aliphatic heterocycles. The molecule has 2 aromatic rings. The van der Waals surface area contributed by atoms with Crippen LogP contribution in [0.1, 0.15) is 44.9 Å². The van der Waals surface area contributed by atoms with E-state index < -0.39 is 0 Å². The summed E-state index contributed by atoms with van der Waals surface area (Å²) in [6.07, 6.45) is 1.58. The summed E-state index contributed by atoms with van der Waals surface area (Å²) in [4.78, 5) is 31.7. The van der Waals surface area contributed by atoms with Gasteiger partial charge in [0, 0.05) is 13.1 Å². The quantitative estimate of drug-likeness (QED) is 0.660. The summed E-state index contributed by atoms with van der Waals surface area (Å²) in [6, 6.07) is 7.78. The van der Waals surface area contributed by atoms with Crippen LogP contribution in [-0.4, -0.2) is 40.8 Å². The lowest BCUT2D eigenvalue weighted by atomic mass is 10.1. The first-order chi connectivity index (χ1) is 14.3. The molecule has 2 amide bonds. The number of amides is 2. The summed E-state index contributed by atoms with van der Waals surface area (Å²) < 4.78 is 0. The molecule has 0 saturated carbocycles. The fourth-order valence-corrected chi connectivity index (χ4v) is 4.17. The van der Waals surface area contributed by atoms with Crippen LogP contribution < -0.4 is 10.4 Å². The highest BCUT2D eigenvalue weighted by atomic mass is 32.1. The summed E-state index contributed by atoms with van der Waals surface area (Å²) in [6.45, 7) is 9.83. The molecule has 164 valence electrons. The van der Waals surface area contributed by atoms with E-state index in [9.17, 15) is 9.59 Å². The van der Waals surface area contributed by atoms with E-state index in [-0.39, 0.29) is 24.4 Å². The summed E-state index contributed by atoms with van der Waals surface area (Å²) >= 11 is 1.63. The molecule has 1 aromatic carbocycles. The molecule has 0 radical (unpaired) electrons. The maximum atomic E-state index is 12.5. The first-order valence-corrected chi connectivity index (χ1v) is 11.8.